The van der Waals surface area contributed by atoms with Gasteiger partial charge in [0.15, 0.2) is 11.6 Å². The number of benzene rings is 1. The zero-order chi connectivity index (χ0) is 16.4. The number of aromatic nitrogens is 1. The van der Waals surface area contributed by atoms with Crippen molar-refractivity contribution in [3.8, 4) is 5.75 Å². The fraction of sp³-hybridized carbons (Fsp3) is 0.176. The summed E-state index contributed by atoms with van der Waals surface area (Å²) >= 11 is 6.20. The summed E-state index contributed by atoms with van der Waals surface area (Å²) in [7, 11) is 0. The number of hydrogen-bond acceptors (Lipinski definition) is 4. The largest absolute Gasteiger partial charge is 0.478 e. The Morgan fingerprint density at radius 3 is 2.96 bits per heavy atom. The number of carboxylic acids is 1. The van der Waals surface area contributed by atoms with Gasteiger partial charge in [-0.2, -0.15) is 5.06 Å². The molecule has 23 heavy (non-hydrogen) atoms. The van der Waals surface area contributed by atoms with Crippen molar-refractivity contribution in [3.05, 3.63) is 59.3 Å². The van der Waals surface area contributed by atoms with Crippen LogP contribution in [0.4, 0.5) is 5.82 Å². The quantitative estimate of drug-likeness (QED) is 0.925. The Balaban J connectivity index is 1.98. The third-order valence-corrected chi connectivity index (χ3v) is 4.00. The maximum absolute atomic E-state index is 11.4. The van der Waals surface area contributed by atoms with Gasteiger partial charge in [-0.1, -0.05) is 24.6 Å². The van der Waals surface area contributed by atoms with Gasteiger partial charge in [0.1, 0.15) is 0 Å². The molecule has 3 rings (SSSR count). The highest BCUT2D eigenvalue weighted by Crippen LogP contribution is 2.33. The van der Waals surface area contributed by atoms with Gasteiger partial charge >= 0.3 is 5.97 Å². The molecule has 2 heterocycles. The molecule has 5 nitrogen and oxygen atoms in total. The summed E-state index contributed by atoms with van der Waals surface area (Å²) in [6, 6.07) is 8.68. The molecular formula is C17H15ClN2O3. The molecule has 0 spiro atoms. The first-order valence-electron chi connectivity index (χ1n) is 7.23. The van der Waals surface area contributed by atoms with Crippen molar-refractivity contribution < 1.29 is 14.7 Å². The molecule has 1 N–H and O–H groups in total. The molecule has 6 heteroatoms. The van der Waals surface area contributed by atoms with Crippen LogP contribution in [0, 0.1) is 0 Å². The second-order valence-corrected chi connectivity index (χ2v) is 5.43. The average molecular weight is 331 g/mol. The van der Waals surface area contributed by atoms with Gasteiger partial charge < -0.3 is 9.94 Å². The number of carboxylic acid groups (broad SMARTS) is 1. The molecule has 1 aromatic heterocycles. The Morgan fingerprint density at radius 2 is 2.22 bits per heavy atom. The Hall–Kier alpha value is -2.53. The summed E-state index contributed by atoms with van der Waals surface area (Å²) in [5.41, 5.74) is 1.68. The number of hydrogen-bond donors (Lipinski definition) is 1. The fourth-order valence-electron chi connectivity index (χ4n) is 2.56. The predicted octanol–water partition coefficient (Wildman–Crippen LogP) is 3.74. The van der Waals surface area contributed by atoms with E-state index in [2.05, 4.69) is 4.98 Å². The number of nitrogens with zero attached hydrogens (tertiary/aromatic N) is 2. The van der Waals surface area contributed by atoms with Crippen LogP contribution in [0.2, 0.25) is 0 Å². The number of carbonyl (C=O) groups is 1. The minimum atomic E-state index is -0.965. The fourth-order valence-corrected chi connectivity index (χ4v) is 2.77. The van der Waals surface area contributed by atoms with Gasteiger partial charge in [0.2, 0.25) is 0 Å². The van der Waals surface area contributed by atoms with Crippen molar-refractivity contribution in [1.29, 1.82) is 0 Å². The molecule has 0 amide bonds. The second-order valence-electron chi connectivity index (χ2n) is 5.02. The lowest BCUT2D eigenvalue weighted by Gasteiger charge is -2.28. The molecule has 1 aromatic carbocycles. The number of hydroxylamine groups is 1. The van der Waals surface area contributed by atoms with Crippen molar-refractivity contribution in [2.45, 2.75) is 13.3 Å². The first-order chi connectivity index (χ1) is 11.1. The molecule has 0 bridgehead atoms. The maximum Gasteiger partial charge on any atom is 0.336 e. The minimum absolute atomic E-state index is 0.247. The van der Waals surface area contributed by atoms with Crippen molar-refractivity contribution in [1.82, 2.24) is 4.98 Å². The molecular weight excluding hydrogens is 316 g/mol. The predicted molar refractivity (Wildman–Crippen MR) is 88.8 cm³/mol. The van der Waals surface area contributed by atoms with Gasteiger partial charge in [0, 0.05) is 22.4 Å². The van der Waals surface area contributed by atoms with E-state index in [9.17, 15) is 9.90 Å². The summed E-state index contributed by atoms with van der Waals surface area (Å²) < 4.78 is 0. The van der Waals surface area contributed by atoms with Crippen molar-refractivity contribution >= 4 is 28.4 Å². The summed E-state index contributed by atoms with van der Waals surface area (Å²) in [6.07, 6.45) is 4.05. The molecule has 0 saturated carbocycles. The van der Waals surface area contributed by atoms with Gasteiger partial charge in [-0.25, -0.2) is 9.78 Å². The van der Waals surface area contributed by atoms with Crippen LogP contribution in [0.15, 0.2) is 42.6 Å². The third-order valence-electron chi connectivity index (χ3n) is 3.64. The first-order valence-corrected chi connectivity index (χ1v) is 7.61. The Morgan fingerprint density at radius 1 is 1.39 bits per heavy atom. The summed E-state index contributed by atoms with van der Waals surface area (Å²) in [4.78, 5) is 21.6. The molecule has 118 valence electrons. The van der Waals surface area contributed by atoms with Crippen LogP contribution in [-0.2, 0) is 6.42 Å². The molecule has 0 atom stereocenters. The van der Waals surface area contributed by atoms with E-state index in [1.165, 1.54) is 0 Å². The standard InChI is InChI=1S/C17H15ClN2O3/c1-2-11-12(17(21)22)5-3-7-15(11)23-20-10-8-14(18)13-6-4-9-19-16(13)20/h3-9H,2,10H2,1H3,(H,21,22). The van der Waals surface area contributed by atoms with Gasteiger partial charge in [-0.05, 0) is 36.8 Å². The average Bonchev–Trinajstić information content (AvgIpc) is 2.57. The lowest BCUT2D eigenvalue weighted by molar-refractivity contribution is 0.0695. The molecule has 0 fully saturated rings. The summed E-state index contributed by atoms with van der Waals surface area (Å²) in [5.74, 6) is 0.158. The smallest absolute Gasteiger partial charge is 0.336 e. The number of aromatic carboxylic acids is 1. The number of halogens is 1. The molecule has 2 aromatic rings. The van der Waals surface area contributed by atoms with Crippen molar-refractivity contribution in [3.63, 3.8) is 0 Å². The lowest BCUT2D eigenvalue weighted by Crippen LogP contribution is -2.31. The Bertz CT molecular complexity index is 789. The molecule has 1 aliphatic rings. The number of pyridine rings is 1. The van der Waals surface area contributed by atoms with E-state index in [-0.39, 0.29) is 5.56 Å². The SMILES string of the molecule is CCc1c(ON2CC=C(Cl)c3cccnc32)cccc1C(=O)O. The van der Waals surface area contributed by atoms with Crippen LogP contribution in [0.5, 0.6) is 5.75 Å². The summed E-state index contributed by atoms with van der Waals surface area (Å²) in [6.45, 7) is 2.33. The van der Waals surface area contributed by atoms with Crippen molar-refractivity contribution in [2.24, 2.45) is 0 Å². The second kappa shape index (κ2) is 6.30. The highest BCUT2D eigenvalue weighted by molar-refractivity contribution is 6.49. The van der Waals surface area contributed by atoms with Gasteiger partial charge in [0.05, 0.1) is 12.1 Å². The molecule has 0 aliphatic carbocycles. The molecule has 0 radical (unpaired) electrons. The number of rotatable bonds is 4. The highest BCUT2D eigenvalue weighted by atomic mass is 35.5. The van der Waals surface area contributed by atoms with Crippen LogP contribution in [0.1, 0.15) is 28.4 Å². The zero-order valence-corrected chi connectivity index (χ0v) is 13.2. The van der Waals surface area contributed by atoms with Crippen LogP contribution in [0.3, 0.4) is 0 Å². The van der Waals surface area contributed by atoms with Crippen LogP contribution in [0.25, 0.3) is 5.03 Å². The van der Waals surface area contributed by atoms with E-state index in [0.29, 0.717) is 35.1 Å². The number of fused-ring (bicyclic) bond motifs is 1. The van der Waals surface area contributed by atoms with Crippen LogP contribution in [-0.4, -0.2) is 22.6 Å². The third kappa shape index (κ3) is 2.87. The van der Waals surface area contributed by atoms with Gasteiger partial charge in [-0.3, -0.25) is 0 Å². The van der Waals surface area contributed by atoms with Crippen molar-refractivity contribution in [2.75, 3.05) is 11.6 Å². The normalized spacial score (nSPS) is 13.3. The molecule has 1 aliphatic heterocycles. The van der Waals surface area contributed by atoms with Gasteiger partial charge in [-0.15, -0.1) is 0 Å². The maximum atomic E-state index is 11.4. The lowest BCUT2D eigenvalue weighted by atomic mass is 10.0. The van der Waals surface area contributed by atoms with Crippen LogP contribution >= 0.6 is 11.6 Å². The van der Waals surface area contributed by atoms with Crippen LogP contribution < -0.4 is 9.90 Å². The van der Waals surface area contributed by atoms with E-state index in [4.69, 9.17) is 16.4 Å². The van der Waals surface area contributed by atoms with E-state index in [1.807, 2.05) is 19.1 Å². The van der Waals surface area contributed by atoms with E-state index in [1.54, 1.807) is 35.5 Å². The Kier molecular flexibility index (Phi) is 4.21. The monoisotopic (exact) mass is 330 g/mol. The molecule has 0 saturated heterocycles. The van der Waals surface area contributed by atoms with E-state index < -0.39 is 5.97 Å². The Labute approximate surface area is 138 Å². The zero-order valence-electron chi connectivity index (χ0n) is 12.5. The topological polar surface area (TPSA) is 62.7 Å². The van der Waals surface area contributed by atoms with Gasteiger partial charge in [0.25, 0.3) is 0 Å². The van der Waals surface area contributed by atoms with E-state index >= 15 is 0 Å². The molecule has 0 unspecified atom stereocenters. The minimum Gasteiger partial charge on any atom is -0.478 e. The van der Waals surface area contributed by atoms with E-state index in [0.717, 1.165) is 5.56 Å². The summed E-state index contributed by atoms with van der Waals surface area (Å²) in [5, 5.41) is 11.6. The number of anilines is 1. The highest BCUT2D eigenvalue weighted by Gasteiger charge is 2.22. The first kappa shape index (κ1) is 15.4.